The second-order valence-corrected chi connectivity index (χ2v) is 9.05. The van der Waals surface area contributed by atoms with Gasteiger partial charge in [0.15, 0.2) is 0 Å². The van der Waals surface area contributed by atoms with Crippen LogP contribution in [0.25, 0.3) is 0 Å². The molecule has 162 valence electrons. The molecule has 0 aromatic heterocycles. The van der Waals surface area contributed by atoms with Crippen LogP contribution >= 0.6 is 35.0 Å². The van der Waals surface area contributed by atoms with Crippen molar-refractivity contribution in [2.75, 3.05) is 5.75 Å². The average Bonchev–Trinajstić information content (AvgIpc) is 2.74. The first-order valence-electron chi connectivity index (χ1n) is 10.1. The smallest absolute Gasteiger partial charge is 0.243 e. The molecule has 0 aliphatic heterocycles. The second-order valence-electron chi connectivity index (χ2n) is 7.13. The molecule has 1 N–H and O–H groups in total. The van der Waals surface area contributed by atoms with Crippen LogP contribution < -0.4 is 5.32 Å². The third kappa shape index (κ3) is 7.53. The molecule has 7 heteroatoms. The zero-order chi connectivity index (χ0) is 22.1. The molecule has 0 unspecified atom stereocenters. The predicted octanol–water partition coefficient (Wildman–Crippen LogP) is 5.81. The fraction of sp³-hybridized carbons (Fsp3) is 0.391. The molecule has 0 radical (unpaired) electrons. The number of carbonyl (C=O) groups excluding carboxylic acids is 2. The van der Waals surface area contributed by atoms with Gasteiger partial charge in [0.05, 0.1) is 5.75 Å². The minimum Gasteiger partial charge on any atom is -0.352 e. The van der Waals surface area contributed by atoms with Crippen molar-refractivity contribution >= 4 is 46.8 Å². The van der Waals surface area contributed by atoms with Gasteiger partial charge in [-0.15, -0.1) is 11.8 Å². The number of halogens is 2. The zero-order valence-electron chi connectivity index (χ0n) is 17.5. The number of benzene rings is 2. The van der Waals surface area contributed by atoms with Gasteiger partial charge in [-0.2, -0.15) is 0 Å². The third-order valence-corrected chi connectivity index (χ3v) is 6.33. The standard InChI is InChI=1S/C23H28Cl2N2O2S/c1-4-16(3)26-23(29)21(5-2)27(14-17-6-8-18(24)9-7-17)22(28)15-30-20-12-10-19(25)11-13-20/h6-13,16,21H,4-5,14-15H2,1-3H3,(H,26,29)/t16-,21+/m1/s1. The molecule has 0 saturated heterocycles. The van der Waals surface area contributed by atoms with Crippen LogP contribution in [-0.4, -0.2) is 34.6 Å². The highest BCUT2D eigenvalue weighted by atomic mass is 35.5. The molecule has 4 nitrogen and oxygen atoms in total. The van der Waals surface area contributed by atoms with Crippen molar-refractivity contribution in [1.82, 2.24) is 10.2 Å². The van der Waals surface area contributed by atoms with Gasteiger partial charge in [0.2, 0.25) is 11.8 Å². The van der Waals surface area contributed by atoms with Crippen molar-refractivity contribution in [2.24, 2.45) is 0 Å². The van der Waals surface area contributed by atoms with E-state index in [0.717, 1.165) is 16.9 Å². The molecule has 0 heterocycles. The minimum atomic E-state index is -0.534. The largest absolute Gasteiger partial charge is 0.352 e. The van der Waals surface area contributed by atoms with Crippen molar-refractivity contribution in [3.63, 3.8) is 0 Å². The Morgan fingerprint density at radius 2 is 1.53 bits per heavy atom. The maximum atomic E-state index is 13.2. The van der Waals surface area contributed by atoms with Gasteiger partial charge in [-0.05, 0) is 61.7 Å². The third-order valence-electron chi connectivity index (χ3n) is 4.83. The molecular formula is C23H28Cl2N2O2S. The Hall–Kier alpha value is -1.69. The quantitative estimate of drug-likeness (QED) is 0.449. The molecule has 30 heavy (non-hydrogen) atoms. The molecular weight excluding hydrogens is 439 g/mol. The number of hydrogen-bond acceptors (Lipinski definition) is 3. The fourth-order valence-electron chi connectivity index (χ4n) is 2.91. The van der Waals surface area contributed by atoms with E-state index in [1.165, 1.54) is 11.8 Å². The molecule has 0 bridgehead atoms. The lowest BCUT2D eigenvalue weighted by Gasteiger charge is -2.31. The summed E-state index contributed by atoms with van der Waals surface area (Å²) >= 11 is 13.4. The molecule has 0 aliphatic carbocycles. The number of hydrogen-bond donors (Lipinski definition) is 1. The normalized spacial score (nSPS) is 12.8. The molecule has 0 aliphatic rings. The van der Waals surface area contributed by atoms with Crippen LogP contribution in [0.15, 0.2) is 53.4 Å². The Labute approximate surface area is 193 Å². The van der Waals surface area contributed by atoms with E-state index in [2.05, 4.69) is 5.32 Å². The van der Waals surface area contributed by atoms with E-state index >= 15 is 0 Å². The lowest BCUT2D eigenvalue weighted by molar-refractivity contribution is -0.139. The maximum Gasteiger partial charge on any atom is 0.243 e. The van der Waals surface area contributed by atoms with E-state index in [4.69, 9.17) is 23.2 Å². The van der Waals surface area contributed by atoms with Gasteiger partial charge in [-0.3, -0.25) is 9.59 Å². The van der Waals surface area contributed by atoms with Crippen LogP contribution in [-0.2, 0) is 16.1 Å². The first-order chi connectivity index (χ1) is 14.3. The summed E-state index contributed by atoms with van der Waals surface area (Å²) in [7, 11) is 0. The molecule has 0 fully saturated rings. The summed E-state index contributed by atoms with van der Waals surface area (Å²) in [4.78, 5) is 28.7. The number of thioether (sulfide) groups is 1. The highest BCUT2D eigenvalue weighted by Gasteiger charge is 2.29. The lowest BCUT2D eigenvalue weighted by atomic mass is 10.1. The van der Waals surface area contributed by atoms with Gasteiger partial charge in [-0.25, -0.2) is 0 Å². The number of nitrogens with one attached hydrogen (secondary N) is 1. The van der Waals surface area contributed by atoms with Crippen LogP contribution in [0.2, 0.25) is 10.0 Å². The van der Waals surface area contributed by atoms with E-state index in [0.29, 0.717) is 23.0 Å². The van der Waals surface area contributed by atoms with Crippen molar-refractivity contribution in [3.05, 3.63) is 64.1 Å². The Balaban J connectivity index is 2.19. The second kappa shape index (κ2) is 12.2. The van der Waals surface area contributed by atoms with Crippen LogP contribution in [0.1, 0.15) is 39.2 Å². The van der Waals surface area contributed by atoms with E-state index in [9.17, 15) is 9.59 Å². The van der Waals surface area contributed by atoms with Gasteiger partial charge in [-0.1, -0.05) is 49.2 Å². The number of amides is 2. The lowest BCUT2D eigenvalue weighted by Crippen LogP contribution is -2.51. The summed E-state index contributed by atoms with van der Waals surface area (Å²) in [6, 6.07) is 14.2. The number of rotatable bonds is 10. The summed E-state index contributed by atoms with van der Waals surface area (Å²) in [5.41, 5.74) is 0.930. The Bertz CT molecular complexity index is 828. The first kappa shape index (κ1) is 24.6. The molecule has 2 aromatic rings. The zero-order valence-corrected chi connectivity index (χ0v) is 19.9. The Morgan fingerprint density at radius 1 is 0.967 bits per heavy atom. The molecule has 0 saturated carbocycles. The molecule has 2 aromatic carbocycles. The minimum absolute atomic E-state index is 0.0578. The van der Waals surface area contributed by atoms with Gasteiger partial charge in [0.25, 0.3) is 0 Å². The first-order valence-corrected chi connectivity index (χ1v) is 11.8. The fourth-order valence-corrected chi connectivity index (χ4v) is 3.94. The molecule has 2 atom stereocenters. The van der Waals surface area contributed by atoms with Gasteiger partial charge in [0, 0.05) is 27.5 Å². The Morgan fingerprint density at radius 3 is 2.07 bits per heavy atom. The van der Waals surface area contributed by atoms with Crippen LogP contribution in [0, 0.1) is 0 Å². The van der Waals surface area contributed by atoms with Gasteiger partial charge in [0.1, 0.15) is 6.04 Å². The summed E-state index contributed by atoms with van der Waals surface area (Å²) in [6.07, 6.45) is 1.37. The molecule has 0 spiro atoms. The van der Waals surface area contributed by atoms with E-state index in [1.807, 2.05) is 45.0 Å². The number of nitrogens with zero attached hydrogens (tertiary/aromatic N) is 1. The maximum absolute atomic E-state index is 13.2. The van der Waals surface area contributed by atoms with Crippen LogP contribution in [0.3, 0.4) is 0 Å². The highest BCUT2D eigenvalue weighted by molar-refractivity contribution is 8.00. The topological polar surface area (TPSA) is 49.4 Å². The SMILES string of the molecule is CC[C@@H](C)NC(=O)[C@H](CC)N(Cc1ccc(Cl)cc1)C(=O)CSc1ccc(Cl)cc1. The summed E-state index contributed by atoms with van der Waals surface area (Å²) < 4.78 is 0. The van der Waals surface area contributed by atoms with Crippen LogP contribution in [0.5, 0.6) is 0 Å². The average molecular weight is 467 g/mol. The van der Waals surface area contributed by atoms with Crippen molar-refractivity contribution in [1.29, 1.82) is 0 Å². The Kier molecular flexibility index (Phi) is 10.0. The van der Waals surface area contributed by atoms with Crippen molar-refractivity contribution in [2.45, 2.75) is 57.1 Å². The van der Waals surface area contributed by atoms with Gasteiger partial charge >= 0.3 is 0 Å². The number of carbonyl (C=O) groups is 2. The van der Waals surface area contributed by atoms with E-state index in [-0.39, 0.29) is 23.6 Å². The summed E-state index contributed by atoms with van der Waals surface area (Å²) in [6.45, 7) is 6.26. The van der Waals surface area contributed by atoms with Crippen LogP contribution in [0.4, 0.5) is 0 Å². The monoisotopic (exact) mass is 466 g/mol. The predicted molar refractivity (Wildman–Crippen MR) is 126 cm³/mol. The van der Waals surface area contributed by atoms with Crippen molar-refractivity contribution in [3.8, 4) is 0 Å². The summed E-state index contributed by atoms with van der Waals surface area (Å²) in [5.74, 6) is 0.0317. The summed E-state index contributed by atoms with van der Waals surface area (Å²) in [5, 5.41) is 4.31. The molecule has 2 amide bonds. The van der Waals surface area contributed by atoms with E-state index < -0.39 is 6.04 Å². The highest BCUT2D eigenvalue weighted by Crippen LogP contribution is 2.22. The van der Waals surface area contributed by atoms with Gasteiger partial charge < -0.3 is 10.2 Å². The molecule has 2 rings (SSSR count). The van der Waals surface area contributed by atoms with Crippen molar-refractivity contribution < 1.29 is 9.59 Å². The van der Waals surface area contributed by atoms with E-state index in [1.54, 1.807) is 29.2 Å².